The third kappa shape index (κ3) is 2.22. The van der Waals surface area contributed by atoms with E-state index in [2.05, 4.69) is 53.0 Å². The number of benzene rings is 1. The topological polar surface area (TPSA) is 42.7 Å². The van der Waals surface area contributed by atoms with Crippen LogP contribution >= 0.6 is 0 Å². The molecule has 0 unspecified atom stereocenters. The predicted octanol–water partition coefficient (Wildman–Crippen LogP) is 1.91. The van der Waals surface area contributed by atoms with Crippen molar-refractivity contribution in [2.45, 2.75) is 27.3 Å². The molecule has 0 amide bonds. The summed E-state index contributed by atoms with van der Waals surface area (Å²) in [5.74, 6) is 0.933. The lowest BCUT2D eigenvalue weighted by Gasteiger charge is -2.13. The maximum absolute atomic E-state index is 4.14. The van der Waals surface area contributed by atoms with E-state index in [1.54, 1.807) is 6.33 Å². The quantitative estimate of drug-likeness (QED) is 0.876. The molecule has 0 aliphatic carbocycles. The molecule has 1 aromatic carbocycles. The molecule has 1 heterocycles. The highest BCUT2D eigenvalue weighted by molar-refractivity contribution is 5.49. The van der Waals surface area contributed by atoms with Gasteiger partial charge in [0, 0.05) is 0 Å². The normalized spacial score (nSPS) is 10.8. The minimum absolute atomic E-state index is 0.715. The molecule has 1 N–H and O–H groups in total. The maximum atomic E-state index is 4.14. The lowest BCUT2D eigenvalue weighted by atomic mass is 10.0. The van der Waals surface area contributed by atoms with Crippen LogP contribution in [0.25, 0.3) is 5.69 Å². The van der Waals surface area contributed by atoms with Gasteiger partial charge in [-0.15, -0.1) is 10.2 Å². The minimum atomic E-state index is 0.715. The largest absolute Gasteiger partial charge is 0.313 e. The van der Waals surface area contributed by atoms with Crippen LogP contribution in [-0.2, 0) is 6.54 Å². The van der Waals surface area contributed by atoms with E-state index in [0.29, 0.717) is 6.54 Å². The van der Waals surface area contributed by atoms with Crippen molar-refractivity contribution in [1.29, 1.82) is 0 Å². The Morgan fingerprint density at radius 3 is 2.41 bits per heavy atom. The number of aryl methyl sites for hydroxylation is 3. The van der Waals surface area contributed by atoms with Crippen molar-refractivity contribution >= 4 is 0 Å². The smallest absolute Gasteiger partial charge is 0.151 e. The molecule has 17 heavy (non-hydrogen) atoms. The highest BCUT2D eigenvalue weighted by Crippen LogP contribution is 2.21. The summed E-state index contributed by atoms with van der Waals surface area (Å²) in [6.07, 6.45) is 1.78. The van der Waals surface area contributed by atoms with Gasteiger partial charge in [0.25, 0.3) is 0 Å². The fourth-order valence-electron chi connectivity index (χ4n) is 2.28. The van der Waals surface area contributed by atoms with Crippen molar-refractivity contribution < 1.29 is 0 Å². The lowest BCUT2D eigenvalue weighted by molar-refractivity contribution is 0.735. The monoisotopic (exact) mass is 230 g/mol. The summed E-state index contributed by atoms with van der Waals surface area (Å²) in [6, 6.07) is 4.37. The second kappa shape index (κ2) is 4.67. The van der Waals surface area contributed by atoms with Gasteiger partial charge in [-0.05, 0) is 38.9 Å². The van der Waals surface area contributed by atoms with E-state index in [1.165, 1.54) is 22.4 Å². The van der Waals surface area contributed by atoms with E-state index in [9.17, 15) is 0 Å². The molecule has 0 atom stereocenters. The van der Waals surface area contributed by atoms with Gasteiger partial charge in [-0.2, -0.15) is 0 Å². The van der Waals surface area contributed by atoms with Gasteiger partial charge in [-0.25, -0.2) is 0 Å². The first-order chi connectivity index (χ1) is 8.13. The SMILES string of the molecule is CNCc1nncn1-c1c(C)cc(C)cc1C. The second-order valence-corrected chi connectivity index (χ2v) is 4.39. The van der Waals surface area contributed by atoms with Crippen molar-refractivity contribution in [2.75, 3.05) is 7.05 Å². The second-order valence-electron chi connectivity index (χ2n) is 4.39. The highest BCUT2D eigenvalue weighted by atomic mass is 15.3. The summed E-state index contributed by atoms with van der Waals surface area (Å²) in [6.45, 7) is 7.08. The Balaban J connectivity index is 2.56. The van der Waals surface area contributed by atoms with Gasteiger partial charge in [-0.1, -0.05) is 17.7 Å². The van der Waals surface area contributed by atoms with Gasteiger partial charge < -0.3 is 5.32 Å². The van der Waals surface area contributed by atoms with Crippen LogP contribution in [0.1, 0.15) is 22.5 Å². The van der Waals surface area contributed by atoms with Gasteiger partial charge in [0.2, 0.25) is 0 Å². The van der Waals surface area contributed by atoms with Gasteiger partial charge in [-0.3, -0.25) is 4.57 Å². The fourth-order valence-corrected chi connectivity index (χ4v) is 2.28. The molecule has 0 saturated carbocycles. The molecule has 0 spiro atoms. The zero-order valence-corrected chi connectivity index (χ0v) is 10.8. The third-order valence-electron chi connectivity index (χ3n) is 2.83. The molecular formula is C13H18N4. The molecule has 0 saturated heterocycles. The summed E-state index contributed by atoms with van der Waals surface area (Å²) in [7, 11) is 1.91. The molecule has 4 nitrogen and oxygen atoms in total. The van der Waals surface area contributed by atoms with E-state index < -0.39 is 0 Å². The number of rotatable bonds is 3. The van der Waals surface area contributed by atoms with Gasteiger partial charge >= 0.3 is 0 Å². The molecule has 0 radical (unpaired) electrons. The van der Waals surface area contributed by atoms with Crippen molar-refractivity contribution in [3.63, 3.8) is 0 Å². The van der Waals surface area contributed by atoms with Gasteiger partial charge in [0.15, 0.2) is 5.82 Å². The van der Waals surface area contributed by atoms with E-state index in [1.807, 2.05) is 7.05 Å². The third-order valence-corrected chi connectivity index (χ3v) is 2.83. The number of hydrogen-bond donors (Lipinski definition) is 1. The average Bonchev–Trinajstić information content (AvgIpc) is 2.65. The minimum Gasteiger partial charge on any atom is -0.313 e. The van der Waals surface area contributed by atoms with Gasteiger partial charge in [0.1, 0.15) is 6.33 Å². The summed E-state index contributed by atoms with van der Waals surface area (Å²) in [5.41, 5.74) is 4.97. The molecule has 1 aromatic heterocycles. The number of hydrogen-bond acceptors (Lipinski definition) is 3. The molecule has 4 heteroatoms. The lowest BCUT2D eigenvalue weighted by Crippen LogP contribution is -2.12. The molecule has 90 valence electrons. The Morgan fingerprint density at radius 2 is 1.82 bits per heavy atom. The van der Waals surface area contributed by atoms with Crippen LogP contribution in [0, 0.1) is 20.8 Å². The van der Waals surface area contributed by atoms with E-state index >= 15 is 0 Å². The van der Waals surface area contributed by atoms with Crippen molar-refractivity contribution in [3.8, 4) is 5.69 Å². The fraction of sp³-hybridized carbons (Fsp3) is 0.385. The average molecular weight is 230 g/mol. The Hall–Kier alpha value is -1.68. The number of nitrogens with zero attached hydrogens (tertiary/aromatic N) is 3. The highest BCUT2D eigenvalue weighted by Gasteiger charge is 2.10. The number of aromatic nitrogens is 3. The molecule has 0 bridgehead atoms. The summed E-state index contributed by atoms with van der Waals surface area (Å²) < 4.78 is 2.06. The van der Waals surface area contributed by atoms with Crippen molar-refractivity contribution in [1.82, 2.24) is 20.1 Å². The van der Waals surface area contributed by atoms with E-state index in [4.69, 9.17) is 0 Å². The molecule has 2 aromatic rings. The first kappa shape index (κ1) is 11.8. The van der Waals surface area contributed by atoms with Crippen molar-refractivity contribution in [3.05, 3.63) is 41.0 Å². The number of nitrogens with one attached hydrogen (secondary N) is 1. The Kier molecular flexibility index (Phi) is 3.24. The molecule has 0 aliphatic heterocycles. The summed E-state index contributed by atoms with van der Waals surface area (Å²) >= 11 is 0. The summed E-state index contributed by atoms with van der Waals surface area (Å²) in [5, 5.41) is 11.2. The Labute approximate surface area is 102 Å². The molecule has 2 rings (SSSR count). The van der Waals surface area contributed by atoms with Crippen LogP contribution in [0.3, 0.4) is 0 Å². The molecule has 0 fully saturated rings. The van der Waals surface area contributed by atoms with E-state index in [-0.39, 0.29) is 0 Å². The first-order valence-electron chi connectivity index (χ1n) is 5.75. The van der Waals surface area contributed by atoms with Crippen molar-refractivity contribution in [2.24, 2.45) is 0 Å². The Morgan fingerprint density at radius 1 is 1.18 bits per heavy atom. The maximum Gasteiger partial charge on any atom is 0.151 e. The van der Waals surface area contributed by atoms with E-state index in [0.717, 1.165) is 5.82 Å². The van der Waals surface area contributed by atoms with Crippen LogP contribution < -0.4 is 5.32 Å². The Bertz CT molecular complexity index is 505. The van der Waals surface area contributed by atoms with Crippen LogP contribution in [0.2, 0.25) is 0 Å². The molecule has 0 aliphatic rings. The van der Waals surface area contributed by atoms with Crippen LogP contribution in [0.15, 0.2) is 18.5 Å². The van der Waals surface area contributed by atoms with Crippen LogP contribution in [0.4, 0.5) is 0 Å². The standard InChI is InChI=1S/C13H18N4/c1-9-5-10(2)13(11(3)6-9)17-8-15-16-12(17)7-14-4/h5-6,8,14H,7H2,1-4H3. The zero-order valence-electron chi connectivity index (χ0n) is 10.8. The zero-order chi connectivity index (χ0) is 12.4. The molecular weight excluding hydrogens is 212 g/mol. The van der Waals surface area contributed by atoms with Crippen LogP contribution in [0.5, 0.6) is 0 Å². The van der Waals surface area contributed by atoms with Gasteiger partial charge in [0.05, 0.1) is 12.2 Å². The first-order valence-corrected chi connectivity index (χ1v) is 5.75. The predicted molar refractivity (Wildman–Crippen MR) is 68.3 cm³/mol. The van der Waals surface area contributed by atoms with Crippen LogP contribution in [-0.4, -0.2) is 21.8 Å². The summed E-state index contributed by atoms with van der Waals surface area (Å²) in [4.78, 5) is 0.